The maximum atomic E-state index is 12.3. The summed E-state index contributed by atoms with van der Waals surface area (Å²) in [4.78, 5) is 28.7. The molecule has 0 aliphatic rings. The molecule has 7 heteroatoms. The summed E-state index contributed by atoms with van der Waals surface area (Å²) in [6, 6.07) is 6.94. The molecule has 2 aromatic rings. The minimum absolute atomic E-state index is 0.294. The molecule has 0 spiro atoms. The van der Waals surface area contributed by atoms with E-state index in [1.807, 2.05) is 6.92 Å². The van der Waals surface area contributed by atoms with Gasteiger partial charge in [0.2, 0.25) is 0 Å². The van der Waals surface area contributed by atoms with Gasteiger partial charge in [-0.2, -0.15) is 0 Å². The number of aryl methyl sites for hydroxylation is 1. The zero-order valence-corrected chi connectivity index (χ0v) is 14.7. The van der Waals surface area contributed by atoms with E-state index in [-0.39, 0.29) is 5.91 Å². The van der Waals surface area contributed by atoms with E-state index in [1.165, 1.54) is 0 Å². The van der Waals surface area contributed by atoms with Gasteiger partial charge in [0, 0.05) is 5.56 Å². The standard InChI is InChI=1S/C17H20N2O4S/c1-4-9-23-13-8-6-7-12(10-13)15(20)19-17-18-11(3)14(24-17)16(21)22-5-2/h6-8,10H,4-5,9H2,1-3H3,(H,18,19,20). The van der Waals surface area contributed by atoms with E-state index in [9.17, 15) is 9.59 Å². The molecule has 0 aliphatic heterocycles. The van der Waals surface area contributed by atoms with Gasteiger partial charge in [0.15, 0.2) is 5.13 Å². The third-order valence-electron chi connectivity index (χ3n) is 3.05. The predicted molar refractivity (Wildman–Crippen MR) is 93.0 cm³/mol. The summed E-state index contributed by atoms with van der Waals surface area (Å²) in [7, 11) is 0. The van der Waals surface area contributed by atoms with Crippen molar-refractivity contribution in [1.82, 2.24) is 4.98 Å². The van der Waals surface area contributed by atoms with Crippen molar-refractivity contribution >= 4 is 28.3 Å². The normalized spacial score (nSPS) is 10.3. The van der Waals surface area contributed by atoms with Crippen LogP contribution in [-0.2, 0) is 4.74 Å². The Labute approximate surface area is 144 Å². The summed E-state index contributed by atoms with van der Waals surface area (Å²) in [5.41, 5.74) is 1.00. The maximum absolute atomic E-state index is 12.3. The van der Waals surface area contributed by atoms with Gasteiger partial charge in [0.25, 0.3) is 5.91 Å². The number of hydrogen-bond acceptors (Lipinski definition) is 6. The minimum Gasteiger partial charge on any atom is -0.494 e. The SMILES string of the molecule is CCCOc1cccc(C(=O)Nc2nc(C)c(C(=O)OCC)s2)c1. The number of amides is 1. The lowest BCUT2D eigenvalue weighted by Crippen LogP contribution is -2.11. The predicted octanol–water partition coefficient (Wildman–Crippen LogP) is 3.67. The van der Waals surface area contributed by atoms with Crippen molar-refractivity contribution < 1.29 is 19.1 Å². The molecule has 0 unspecified atom stereocenters. The first-order valence-corrected chi connectivity index (χ1v) is 8.55. The number of thiazole rings is 1. The average molecular weight is 348 g/mol. The van der Waals surface area contributed by atoms with E-state index in [1.54, 1.807) is 38.1 Å². The van der Waals surface area contributed by atoms with Crippen LogP contribution in [0.3, 0.4) is 0 Å². The van der Waals surface area contributed by atoms with Crippen molar-refractivity contribution in [3.63, 3.8) is 0 Å². The number of anilines is 1. The molecule has 0 saturated carbocycles. The van der Waals surface area contributed by atoms with E-state index in [2.05, 4.69) is 10.3 Å². The lowest BCUT2D eigenvalue weighted by atomic mass is 10.2. The summed E-state index contributed by atoms with van der Waals surface area (Å²) in [6.07, 6.45) is 0.894. The van der Waals surface area contributed by atoms with Gasteiger partial charge in [-0.15, -0.1) is 0 Å². The second kappa shape index (κ2) is 8.44. The molecular formula is C17H20N2O4S. The Morgan fingerprint density at radius 3 is 2.79 bits per heavy atom. The average Bonchev–Trinajstić information content (AvgIpc) is 2.94. The fraction of sp³-hybridized carbons (Fsp3) is 0.353. The van der Waals surface area contributed by atoms with Crippen LogP contribution in [0.4, 0.5) is 5.13 Å². The molecule has 0 atom stereocenters. The van der Waals surface area contributed by atoms with Crippen molar-refractivity contribution in [3.05, 3.63) is 40.4 Å². The highest BCUT2D eigenvalue weighted by molar-refractivity contribution is 7.17. The van der Waals surface area contributed by atoms with Crippen LogP contribution >= 0.6 is 11.3 Å². The zero-order valence-electron chi connectivity index (χ0n) is 13.9. The van der Waals surface area contributed by atoms with E-state index < -0.39 is 5.97 Å². The number of hydrogen-bond donors (Lipinski definition) is 1. The van der Waals surface area contributed by atoms with Crippen LogP contribution in [0.15, 0.2) is 24.3 Å². The molecule has 0 fully saturated rings. The molecule has 1 aromatic heterocycles. The van der Waals surface area contributed by atoms with Gasteiger partial charge in [-0.3, -0.25) is 10.1 Å². The summed E-state index contributed by atoms with van der Waals surface area (Å²) in [5, 5.41) is 3.07. The number of aromatic nitrogens is 1. The maximum Gasteiger partial charge on any atom is 0.350 e. The molecule has 0 aliphatic carbocycles. The monoisotopic (exact) mass is 348 g/mol. The number of carbonyl (C=O) groups excluding carboxylic acids is 2. The van der Waals surface area contributed by atoms with E-state index in [4.69, 9.17) is 9.47 Å². The molecule has 128 valence electrons. The Bertz CT molecular complexity index is 727. The molecule has 1 heterocycles. The molecule has 2 rings (SSSR count). The van der Waals surface area contributed by atoms with E-state index in [0.717, 1.165) is 17.8 Å². The van der Waals surface area contributed by atoms with Crippen LogP contribution in [0.25, 0.3) is 0 Å². The first-order valence-electron chi connectivity index (χ1n) is 7.73. The number of ether oxygens (including phenoxy) is 2. The summed E-state index contributed by atoms with van der Waals surface area (Å²) >= 11 is 1.10. The third-order valence-corrected chi connectivity index (χ3v) is 4.10. The molecule has 0 saturated heterocycles. The second-order valence-electron chi connectivity index (χ2n) is 4.98. The summed E-state index contributed by atoms with van der Waals surface area (Å²) in [5.74, 6) is -0.0869. The Hall–Kier alpha value is -2.41. The number of esters is 1. The minimum atomic E-state index is -0.428. The highest BCUT2D eigenvalue weighted by Crippen LogP contribution is 2.24. The highest BCUT2D eigenvalue weighted by atomic mass is 32.1. The van der Waals surface area contributed by atoms with Gasteiger partial charge in [0.1, 0.15) is 10.6 Å². The summed E-state index contributed by atoms with van der Waals surface area (Å²) < 4.78 is 10.5. The van der Waals surface area contributed by atoms with E-state index >= 15 is 0 Å². The summed E-state index contributed by atoms with van der Waals surface area (Å²) in [6.45, 7) is 6.35. The molecule has 1 N–H and O–H groups in total. The van der Waals surface area contributed by atoms with Gasteiger partial charge in [0.05, 0.1) is 18.9 Å². The molecule has 6 nitrogen and oxygen atoms in total. The Morgan fingerprint density at radius 2 is 2.08 bits per heavy atom. The van der Waals surface area contributed by atoms with Crippen LogP contribution < -0.4 is 10.1 Å². The van der Waals surface area contributed by atoms with E-state index in [0.29, 0.717) is 40.2 Å². The molecule has 1 amide bonds. The van der Waals surface area contributed by atoms with Gasteiger partial charge in [-0.1, -0.05) is 24.3 Å². The first-order chi connectivity index (χ1) is 11.5. The van der Waals surface area contributed by atoms with Crippen molar-refractivity contribution in [1.29, 1.82) is 0 Å². The largest absolute Gasteiger partial charge is 0.494 e. The van der Waals surface area contributed by atoms with Crippen molar-refractivity contribution in [2.24, 2.45) is 0 Å². The Morgan fingerprint density at radius 1 is 1.29 bits per heavy atom. The molecule has 1 aromatic carbocycles. The zero-order chi connectivity index (χ0) is 17.5. The molecule has 24 heavy (non-hydrogen) atoms. The van der Waals surface area contributed by atoms with Crippen LogP contribution in [0.2, 0.25) is 0 Å². The second-order valence-corrected chi connectivity index (χ2v) is 5.98. The van der Waals surface area contributed by atoms with Crippen LogP contribution in [0.1, 0.15) is 46.0 Å². The molecule has 0 bridgehead atoms. The van der Waals surface area contributed by atoms with Crippen LogP contribution in [-0.4, -0.2) is 30.1 Å². The van der Waals surface area contributed by atoms with Gasteiger partial charge < -0.3 is 9.47 Å². The smallest absolute Gasteiger partial charge is 0.350 e. The first kappa shape index (κ1) is 17.9. The molecular weight excluding hydrogens is 328 g/mol. The van der Waals surface area contributed by atoms with Crippen LogP contribution in [0.5, 0.6) is 5.75 Å². The number of benzene rings is 1. The number of nitrogens with zero attached hydrogens (tertiary/aromatic N) is 1. The topological polar surface area (TPSA) is 77.5 Å². The Kier molecular flexibility index (Phi) is 6.31. The number of carbonyl (C=O) groups is 2. The third kappa shape index (κ3) is 4.55. The fourth-order valence-electron chi connectivity index (χ4n) is 1.95. The van der Waals surface area contributed by atoms with Gasteiger partial charge >= 0.3 is 5.97 Å². The number of rotatable bonds is 7. The quantitative estimate of drug-likeness (QED) is 0.773. The lowest BCUT2D eigenvalue weighted by molar-refractivity contribution is 0.0531. The lowest BCUT2D eigenvalue weighted by Gasteiger charge is -2.06. The Balaban J connectivity index is 2.09. The van der Waals surface area contributed by atoms with Crippen LogP contribution in [0, 0.1) is 6.92 Å². The molecule has 0 radical (unpaired) electrons. The van der Waals surface area contributed by atoms with Gasteiger partial charge in [-0.05, 0) is 38.5 Å². The van der Waals surface area contributed by atoms with Crippen molar-refractivity contribution in [2.45, 2.75) is 27.2 Å². The highest BCUT2D eigenvalue weighted by Gasteiger charge is 2.18. The van der Waals surface area contributed by atoms with Gasteiger partial charge in [-0.25, -0.2) is 9.78 Å². The van der Waals surface area contributed by atoms with Crippen molar-refractivity contribution in [2.75, 3.05) is 18.5 Å². The fourth-order valence-corrected chi connectivity index (χ4v) is 2.81. The van der Waals surface area contributed by atoms with Crippen molar-refractivity contribution in [3.8, 4) is 5.75 Å². The number of nitrogens with one attached hydrogen (secondary N) is 1.